The molecule has 2 heterocycles. The number of piperidine rings is 1. The quantitative estimate of drug-likeness (QED) is 0.835. The first-order valence-electron chi connectivity index (χ1n) is 6.16. The molecule has 0 saturated carbocycles. The Hall–Kier alpha value is -1.42. The highest BCUT2D eigenvalue weighted by Crippen LogP contribution is 2.22. The molecule has 1 atom stereocenters. The first-order chi connectivity index (χ1) is 8.33. The van der Waals surface area contributed by atoms with E-state index in [0.717, 1.165) is 36.1 Å². The molecule has 0 aliphatic carbocycles. The standard InChI is InChI=1S/C13H16FN3/c14-10-3-4-11-12(16-17-13(11)7-10)6-9-2-1-5-15-8-9/h3-4,7,9,15H,1-2,5-6,8H2,(H,16,17). The minimum Gasteiger partial charge on any atom is -0.316 e. The summed E-state index contributed by atoms with van der Waals surface area (Å²) >= 11 is 0. The number of aromatic nitrogens is 2. The summed E-state index contributed by atoms with van der Waals surface area (Å²) in [6.45, 7) is 2.20. The fourth-order valence-corrected chi connectivity index (χ4v) is 2.58. The van der Waals surface area contributed by atoms with Crippen molar-refractivity contribution in [1.29, 1.82) is 0 Å². The van der Waals surface area contributed by atoms with Crippen molar-refractivity contribution in [2.45, 2.75) is 19.3 Å². The van der Waals surface area contributed by atoms with Gasteiger partial charge in [-0.15, -0.1) is 0 Å². The smallest absolute Gasteiger partial charge is 0.125 e. The molecule has 1 fully saturated rings. The maximum Gasteiger partial charge on any atom is 0.125 e. The summed E-state index contributed by atoms with van der Waals surface area (Å²) in [5.74, 6) is 0.437. The second-order valence-electron chi connectivity index (χ2n) is 4.78. The number of halogens is 1. The Balaban J connectivity index is 1.84. The highest BCUT2D eigenvalue weighted by molar-refractivity contribution is 5.81. The summed E-state index contributed by atoms with van der Waals surface area (Å²) in [7, 11) is 0. The lowest BCUT2D eigenvalue weighted by Crippen LogP contribution is -2.30. The minimum absolute atomic E-state index is 0.227. The number of rotatable bonds is 2. The molecule has 1 aliphatic rings. The van der Waals surface area contributed by atoms with Crippen molar-refractivity contribution in [2.24, 2.45) is 5.92 Å². The van der Waals surface area contributed by atoms with E-state index in [1.807, 2.05) is 6.07 Å². The molecule has 1 aromatic carbocycles. The van der Waals surface area contributed by atoms with Gasteiger partial charge in [-0.3, -0.25) is 5.10 Å². The number of hydrogen-bond donors (Lipinski definition) is 2. The number of benzene rings is 1. The predicted octanol–water partition coefficient (Wildman–Crippen LogP) is 2.24. The number of H-pyrrole nitrogens is 1. The van der Waals surface area contributed by atoms with Crippen LogP contribution in [0.3, 0.4) is 0 Å². The lowest BCUT2D eigenvalue weighted by molar-refractivity contribution is 0.374. The summed E-state index contributed by atoms with van der Waals surface area (Å²) in [5, 5.41) is 11.7. The zero-order valence-electron chi connectivity index (χ0n) is 9.67. The maximum absolute atomic E-state index is 13.0. The van der Waals surface area contributed by atoms with Crippen LogP contribution in [0.15, 0.2) is 18.2 Å². The molecule has 0 radical (unpaired) electrons. The molecule has 17 heavy (non-hydrogen) atoms. The highest BCUT2D eigenvalue weighted by atomic mass is 19.1. The second kappa shape index (κ2) is 4.45. The van der Waals surface area contributed by atoms with Crippen molar-refractivity contribution in [3.8, 4) is 0 Å². The van der Waals surface area contributed by atoms with Crippen molar-refractivity contribution in [3.63, 3.8) is 0 Å². The Morgan fingerprint density at radius 2 is 2.35 bits per heavy atom. The number of aromatic amines is 1. The summed E-state index contributed by atoms with van der Waals surface area (Å²) in [6.07, 6.45) is 3.50. The monoisotopic (exact) mass is 233 g/mol. The van der Waals surface area contributed by atoms with Crippen LogP contribution < -0.4 is 5.32 Å². The molecule has 4 heteroatoms. The van der Waals surface area contributed by atoms with E-state index in [0.29, 0.717) is 5.92 Å². The van der Waals surface area contributed by atoms with E-state index in [-0.39, 0.29) is 5.82 Å². The zero-order chi connectivity index (χ0) is 11.7. The molecular weight excluding hydrogens is 217 g/mol. The molecular formula is C13H16FN3. The molecule has 1 saturated heterocycles. The molecule has 3 rings (SSSR count). The van der Waals surface area contributed by atoms with Crippen molar-refractivity contribution < 1.29 is 4.39 Å². The number of nitrogens with zero attached hydrogens (tertiary/aromatic N) is 1. The molecule has 0 spiro atoms. The van der Waals surface area contributed by atoms with Gasteiger partial charge in [-0.05, 0) is 50.4 Å². The first kappa shape index (κ1) is 10.7. The van der Waals surface area contributed by atoms with Crippen LogP contribution >= 0.6 is 0 Å². The molecule has 0 bridgehead atoms. The van der Waals surface area contributed by atoms with Gasteiger partial charge >= 0.3 is 0 Å². The molecule has 90 valence electrons. The fraction of sp³-hybridized carbons (Fsp3) is 0.462. The van der Waals surface area contributed by atoms with Crippen molar-refractivity contribution in [1.82, 2.24) is 15.5 Å². The Morgan fingerprint density at radius 3 is 3.18 bits per heavy atom. The van der Waals surface area contributed by atoms with Crippen molar-refractivity contribution in [2.75, 3.05) is 13.1 Å². The molecule has 1 aliphatic heterocycles. The third-order valence-electron chi connectivity index (χ3n) is 3.49. The van der Waals surface area contributed by atoms with Crippen LogP contribution in [0.25, 0.3) is 10.9 Å². The number of nitrogens with one attached hydrogen (secondary N) is 2. The van der Waals surface area contributed by atoms with E-state index < -0.39 is 0 Å². The van der Waals surface area contributed by atoms with Crippen LogP contribution in [-0.4, -0.2) is 23.3 Å². The normalized spacial score (nSPS) is 20.9. The summed E-state index contributed by atoms with van der Waals surface area (Å²) in [6, 6.07) is 4.80. The Kier molecular flexibility index (Phi) is 2.81. The average Bonchev–Trinajstić information content (AvgIpc) is 2.73. The minimum atomic E-state index is -0.227. The van der Waals surface area contributed by atoms with Gasteiger partial charge in [0.2, 0.25) is 0 Å². The zero-order valence-corrected chi connectivity index (χ0v) is 9.67. The molecule has 1 aromatic heterocycles. The van der Waals surface area contributed by atoms with Crippen LogP contribution in [0.2, 0.25) is 0 Å². The van der Waals surface area contributed by atoms with Crippen LogP contribution in [0.1, 0.15) is 18.5 Å². The lowest BCUT2D eigenvalue weighted by Gasteiger charge is -2.22. The predicted molar refractivity (Wildman–Crippen MR) is 65.3 cm³/mol. The molecule has 1 unspecified atom stereocenters. The third kappa shape index (κ3) is 2.17. The lowest BCUT2D eigenvalue weighted by atomic mass is 9.94. The van der Waals surface area contributed by atoms with Crippen molar-refractivity contribution in [3.05, 3.63) is 29.7 Å². The second-order valence-corrected chi connectivity index (χ2v) is 4.78. The van der Waals surface area contributed by atoms with Gasteiger partial charge in [-0.2, -0.15) is 5.10 Å². The van der Waals surface area contributed by atoms with Gasteiger partial charge in [-0.1, -0.05) is 0 Å². The highest BCUT2D eigenvalue weighted by Gasteiger charge is 2.16. The van der Waals surface area contributed by atoms with Crippen LogP contribution in [0.4, 0.5) is 4.39 Å². The SMILES string of the molecule is Fc1ccc2c(CC3CCCNC3)[nH]nc2c1. The fourth-order valence-electron chi connectivity index (χ4n) is 2.58. The Bertz CT molecular complexity index is 514. The van der Waals surface area contributed by atoms with E-state index in [1.54, 1.807) is 0 Å². The molecule has 2 aromatic rings. The van der Waals surface area contributed by atoms with Gasteiger partial charge in [0.05, 0.1) is 5.52 Å². The van der Waals surface area contributed by atoms with E-state index in [9.17, 15) is 4.39 Å². The van der Waals surface area contributed by atoms with Crippen LogP contribution in [0, 0.1) is 11.7 Å². The summed E-state index contributed by atoms with van der Waals surface area (Å²) in [4.78, 5) is 0. The maximum atomic E-state index is 13.0. The van der Waals surface area contributed by atoms with Gasteiger partial charge in [0.15, 0.2) is 0 Å². The van der Waals surface area contributed by atoms with Gasteiger partial charge in [-0.25, -0.2) is 4.39 Å². The van der Waals surface area contributed by atoms with Gasteiger partial charge in [0, 0.05) is 17.1 Å². The summed E-state index contributed by atoms with van der Waals surface area (Å²) in [5.41, 5.74) is 1.86. The molecule has 2 N–H and O–H groups in total. The molecule has 0 amide bonds. The van der Waals surface area contributed by atoms with Crippen LogP contribution in [0.5, 0.6) is 0 Å². The van der Waals surface area contributed by atoms with E-state index in [4.69, 9.17) is 0 Å². The van der Waals surface area contributed by atoms with Crippen LogP contribution in [-0.2, 0) is 6.42 Å². The first-order valence-corrected chi connectivity index (χ1v) is 6.16. The van der Waals surface area contributed by atoms with E-state index in [1.165, 1.54) is 25.0 Å². The number of fused-ring (bicyclic) bond motifs is 1. The average molecular weight is 233 g/mol. The van der Waals surface area contributed by atoms with E-state index in [2.05, 4.69) is 15.5 Å². The van der Waals surface area contributed by atoms with Gasteiger partial charge in [0.1, 0.15) is 5.82 Å². The van der Waals surface area contributed by atoms with Crippen molar-refractivity contribution >= 4 is 10.9 Å². The Morgan fingerprint density at radius 1 is 1.41 bits per heavy atom. The number of hydrogen-bond acceptors (Lipinski definition) is 2. The summed E-state index contributed by atoms with van der Waals surface area (Å²) < 4.78 is 13.0. The molecule has 3 nitrogen and oxygen atoms in total. The third-order valence-corrected chi connectivity index (χ3v) is 3.49. The van der Waals surface area contributed by atoms with Gasteiger partial charge in [0.25, 0.3) is 0 Å². The largest absolute Gasteiger partial charge is 0.316 e. The van der Waals surface area contributed by atoms with Gasteiger partial charge < -0.3 is 5.32 Å². The topological polar surface area (TPSA) is 40.7 Å². The van der Waals surface area contributed by atoms with E-state index >= 15 is 0 Å². The Labute approximate surface area is 99.4 Å².